The molecule has 1 fully saturated rings. The van der Waals surface area contributed by atoms with Crippen LogP contribution >= 0.6 is 0 Å². The van der Waals surface area contributed by atoms with Crippen molar-refractivity contribution in [3.63, 3.8) is 0 Å². The Balaban J connectivity index is 0.00000436. The number of nitrogens with zero attached hydrogens (tertiary/aromatic N) is 2. The van der Waals surface area contributed by atoms with Gasteiger partial charge >= 0.3 is 6.09 Å². The Morgan fingerprint density at radius 1 is 1.16 bits per heavy atom. The Hall–Kier alpha value is -2.80. The van der Waals surface area contributed by atoms with Crippen molar-refractivity contribution >= 4 is 23.8 Å². The number of amides is 4. The zero-order valence-electron chi connectivity index (χ0n) is 19.6. The summed E-state index contributed by atoms with van der Waals surface area (Å²) in [5.41, 5.74) is 9.98. The van der Waals surface area contributed by atoms with E-state index in [0.29, 0.717) is 0 Å². The van der Waals surface area contributed by atoms with Gasteiger partial charge in [-0.05, 0) is 32.6 Å². The van der Waals surface area contributed by atoms with E-state index in [0.717, 1.165) is 4.90 Å². The molecule has 1 aliphatic heterocycles. The lowest BCUT2D eigenvalue weighted by Crippen LogP contribution is -2.58. The second-order valence-corrected chi connectivity index (χ2v) is 9.61. The lowest BCUT2D eigenvalue weighted by atomic mass is 9.85. The summed E-state index contributed by atoms with van der Waals surface area (Å²) in [4.78, 5) is 51.9. The summed E-state index contributed by atoms with van der Waals surface area (Å²) in [6, 6.07) is -2.08. The Morgan fingerprint density at radius 2 is 1.68 bits per heavy atom. The fourth-order valence-electron chi connectivity index (χ4n) is 3.02. The van der Waals surface area contributed by atoms with Crippen LogP contribution in [0.4, 0.5) is 4.79 Å². The molecule has 1 saturated heterocycles. The van der Waals surface area contributed by atoms with E-state index in [-0.39, 0.29) is 25.6 Å². The van der Waals surface area contributed by atoms with Gasteiger partial charge in [-0.15, -0.1) is 12.8 Å². The van der Waals surface area contributed by atoms with Crippen LogP contribution in [0.15, 0.2) is 0 Å². The fraction of sp³-hybridized carbons (Fsp3) is 0.714. The van der Waals surface area contributed by atoms with E-state index in [1.54, 1.807) is 41.5 Å². The van der Waals surface area contributed by atoms with E-state index in [1.807, 2.05) is 0 Å². The fourth-order valence-corrected chi connectivity index (χ4v) is 3.02. The maximum Gasteiger partial charge on any atom is 0.410 e. The van der Waals surface area contributed by atoms with Gasteiger partial charge in [-0.2, -0.15) is 0 Å². The Labute approximate surface area is 185 Å². The maximum atomic E-state index is 13.1. The quantitative estimate of drug-likeness (QED) is 0.515. The number of likely N-dealkylation sites (tertiary alicyclic amines) is 1. The molecule has 0 saturated carbocycles. The van der Waals surface area contributed by atoms with Gasteiger partial charge in [0.2, 0.25) is 17.7 Å². The molecular formula is C21H37N5O5. The summed E-state index contributed by atoms with van der Waals surface area (Å²) in [5.74, 6) is -1.58. The molecule has 0 spiro atoms. The number of hydrogen-bond acceptors (Lipinski definition) is 6. The van der Waals surface area contributed by atoms with Gasteiger partial charge in [-0.25, -0.2) is 4.79 Å². The number of carbonyl (C=O) groups excluding carboxylic acids is 4. The molecule has 0 radical (unpaired) electrons. The highest BCUT2D eigenvalue weighted by Crippen LogP contribution is 2.25. The summed E-state index contributed by atoms with van der Waals surface area (Å²) in [5, 5.41) is 2.68. The monoisotopic (exact) mass is 439 g/mol. The average Bonchev–Trinajstić information content (AvgIpc) is 3.00. The van der Waals surface area contributed by atoms with Crippen molar-refractivity contribution in [2.24, 2.45) is 16.9 Å². The summed E-state index contributed by atoms with van der Waals surface area (Å²) < 4.78 is 5.22. The van der Waals surface area contributed by atoms with Gasteiger partial charge in [0.1, 0.15) is 24.2 Å². The highest BCUT2D eigenvalue weighted by molar-refractivity contribution is 5.93. The predicted molar refractivity (Wildman–Crippen MR) is 117 cm³/mol. The Bertz CT molecular complexity index is 692. The first-order valence-electron chi connectivity index (χ1n) is 9.95. The number of carbonyl (C=O) groups is 4. The molecule has 0 bridgehead atoms. The number of likely N-dealkylation sites (N-methyl/N-ethyl adjacent to an activating group) is 1. The van der Waals surface area contributed by atoms with E-state index in [2.05, 4.69) is 18.2 Å². The SMILES string of the molecule is C#C.CN(CC(=O)N[C@H](C(=O)N1C[C@@H](N)C[C@H]1C(N)=O)C(C)(C)C)C(=O)OC(C)(C)C. The lowest BCUT2D eigenvalue weighted by Gasteiger charge is -2.35. The molecule has 0 aliphatic carbocycles. The summed E-state index contributed by atoms with van der Waals surface area (Å²) in [6.45, 7) is 10.5. The second kappa shape index (κ2) is 11.0. The number of nitrogens with one attached hydrogen (secondary N) is 1. The minimum atomic E-state index is -0.922. The van der Waals surface area contributed by atoms with Crippen molar-refractivity contribution in [1.82, 2.24) is 15.1 Å². The first-order valence-corrected chi connectivity index (χ1v) is 9.95. The molecule has 5 N–H and O–H groups in total. The van der Waals surface area contributed by atoms with Gasteiger partial charge in [0, 0.05) is 19.6 Å². The van der Waals surface area contributed by atoms with Crippen molar-refractivity contribution in [2.75, 3.05) is 20.1 Å². The number of hydrogen-bond donors (Lipinski definition) is 3. The largest absolute Gasteiger partial charge is 0.444 e. The van der Waals surface area contributed by atoms with Gasteiger partial charge < -0.3 is 31.3 Å². The van der Waals surface area contributed by atoms with Crippen molar-refractivity contribution in [1.29, 1.82) is 0 Å². The number of terminal acetylenes is 1. The van der Waals surface area contributed by atoms with Crippen LogP contribution < -0.4 is 16.8 Å². The summed E-state index contributed by atoms with van der Waals surface area (Å²) in [6.07, 6.45) is 7.64. The van der Waals surface area contributed by atoms with Crippen LogP contribution in [0.5, 0.6) is 0 Å². The molecule has 10 heteroatoms. The lowest BCUT2D eigenvalue weighted by molar-refractivity contribution is -0.143. The van der Waals surface area contributed by atoms with Crippen molar-refractivity contribution in [2.45, 2.75) is 71.7 Å². The third-order valence-electron chi connectivity index (χ3n) is 4.45. The Morgan fingerprint density at radius 3 is 2.10 bits per heavy atom. The van der Waals surface area contributed by atoms with E-state index in [1.165, 1.54) is 11.9 Å². The smallest absolute Gasteiger partial charge is 0.410 e. The molecule has 1 heterocycles. The second-order valence-electron chi connectivity index (χ2n) is 9.61. The zero-order chi connectivity index (χ0) is 24.7. The van der Waals surface area contributed by atoms with E-state index in [9.17, 15) is 19.2 Å². The third-order valence-corrected chi connectivity index (χ3v) is 4.45. The topological polar surface area (TPSA) is 148 Å². The minimum Gasteiger partial charge on any atom is -0.444 e. The van der Waals surface area contributed by atoms with Crippen molar-refractivity contribution in [3.8, 4) is 12.8 Å². The third kappa shape index (κ3) is 8.84. The van der Waals surface area contributed by atoms with Crippen LogP contribution in [-0.2, 0) is 19.1 Å². The molecular weight excluding hydrogens is 402 g/mol. The number of rotatable bonds is 5. The maximum absolute atomic E-state index is 13.1. The first kappa shape index (κ1) is 28.2. The first-order chi connectivity index (χ1) is 14.0. The van der Waals surface area contributed by atoms with Crippen molar-refractivity contribution in [3.05, 3.63) is 0 Å². The highest BCUT2D eigenvalue weighted by atomic mass is 16.6. The van der Waals surface area contributed by atoms with Crippen molar-refractivity contribution < 1.29 is 23.9 Å². The highest BCUT2D eigenvalue weighted by Gasteiger charge is 2.43. The standard InChI is InChI=1S/C19H35N5O5.C2H2/c1-18(2,3)14(16(27)24-9-11(20)8-12(24)15(21)26)22-13(25)10-23(7)17(28)29-19(4,5)6;1-2/h11-12,14H,8-10,20H2,1-7H3,(H2,21,26)(H,22,25);1-2H/t11-,12-,14+;/m0./s1. The molecule has 0 aromatic carbocycles. The van der Waals surface area contributed by atoms with Crippen LogP contribution in [0.1, 0.15) is 48.0 Å². The summed E-state index contributed by atoms with van der Waals surface area (Å²) >= 11 is 0. The molecule has 10 nitrogen and oxygen atoms in total. The number of primary amides is 1. The normalized spacial score (nSPS) is 19.5. The van der Waals surface area contributed by atoms with Gasteiger partial charge in [0.25, 0.3) is 0 Å². The van der Waals surface area contributed by atoms with Crippen LogP contribution in [0.3, 0.4) is 0 Å². The number of ether oxygens (including phenoxy) is 1. The van der Waals surface area contributed by atoms with Crippen LogP contribution in [0.2, 0.25) is 0 Å². The van der Waals surface area contributed by atoms with Gasteiger partial charge in [-0.3, -0.25) is 14.4 Å². The van der Waals surface area contributed by atoms with Crippen LogP contribution in [0, 0.1) is 18.3 Å². The minimum absolute atomic E-state index is 0.187. The molecule has 1 aliphatic rings. The van der Waals surface area contributed by atoms with Gasteiger partial charge in [0.05, 0.1) is 0 Å². The molecule has 3 atom stereocenters. The number of nitrogens with two attached hydrogens (primary N) is 2. The Kier molecular flexibility index (Phi) is 10.0. The molecule has 0 aromatic heterocycles. The molecule has 1 rings (SSSR count). The van der Waals surface area contributed by atoms with E-state index >= 15 is 0 Å². The van der Waals surface area contributed by atoms with Crippen LogP contribution in [0.25, 0.3) is 0 Å². The zero-order valence-corrected chi connectivity index (χ0v) is 19.6. The van der Waals surface area contributed by atoms with Gasteiger partial charge in [-0.1, -0.05) is 20.8 Å². The molecule has 176 valence electrons. The molecule has 31 heavy (non-hydrogen) atoms. The van der Waals surface area contributed by atoms with Gasteiger partial charge in [0.15, 0.2) is 0 Å². The average molecular weight is 440 g/mol. The predicted octanol–water partition coefficient (Wildman–Crippen LogP) is 0.0471. The summed E-state index contributed by atoms with van der Waals surface area (Å²) in [7, 11) is 1.43. The van der Waals surface area contributed by atoms with Crippen LogP contribution in [-0.4, -0.2) is 77.5 Å². The molecule has 4 amide bonds. The van der Waals surface area contributed by atoms with E-state index in [4.69, 9.17) is 16.2 Å². The molecule has 0 unspecified atom stereocenters. The van der Waals surface area contributed by atoms with E-state index < -0.39 is 46.9 Å². The molecule has 0 aromatic rings.